The molecule has 1 rings (SSSR count). The number of aliphatic hydroxyl groups excluding tert-OH is 1. The van der Waals surface area contributed by atoms with Gasteiger partial charge in [0.2, 0.25) is 0 Å². The molecular weight excluding hydrogens is 204 g/mol. The van der Waals surface area contributed by atoms with Gasteiger partial charge in [-0.05, 0) is 37.3 Å². The largest absolute Gasteiger partial charge is 0.508 e. The number of carboxylic acid groups (broad SMARTS) is 1. The van der Waals surface area contributed by atoms with Gasteiger partial charge in [-0.1, -0.05) is 25.5 Å². The second-order valence-corrected chi connectivity index (χ2v) is 3.99. The molecule has 0 heterocycles. The van der Waals surface area contributed by atoms with Crippen molar-refractivity contribution in [3.05, 3.63) is 35.6 Å². The van der Waals surface area contributed by atoms with E-state index in [4.69, 9.17) is 10.2 Å². The molecule has 0 bridgehead atoms. The lowest BCUT2D eigenvalue weighted by molar-refractivity contribution is -0.132. The highest BCUT2D eigenvalue weighted by Crippen LogP contribution is 2.19. The lowest BCUT2D eigenvalue weighted by Crippen LogP contribution is -2.05. The van der Waals surface area contributed by atoms with Gasteiger partial charge in [-0.15, -0.1) is 0 Å². The molecule has 0 saturated heterocycles. The number of carbonyl (C=O) groups is 1. The summed E-state index contributed by atoms with van der Waals surface area (Å²) in [5, 5.41) is 18.2. The van der Waals surface area contributed by atoms with Crippen LogP contribution in [-0.4, -0.2) is 16.2 Å². The SMILES string of the molecule is CCCCC(=CC1C=CC(O)=CC1)C(=O)O. The predicted octanol–water partition coefficient (Wildman–Crippen LogP) is 3.21. The Labute approximate surface area is 95.8 Å². The van der Waals surface area contributed by atoms with Crippen LogP contribution in [0.15, 0.2) is 35.6 Å². The standard InChI is InChI=1S/C13H18O3/c1-2-3-4-11(13(15)16)9-10-5-7-12(14)8-6-10/h5,7-10,14H,2-4,6H2,1H3,(H,15,16). The third kappa shape index (κ3) is 3.93. The number of allylic oxidation sites excluding steroid dienone is 4. The second-order valence-electron chi connectivity index (χ2n) is 3.99. The number of unbranched alkanes of at least 4 members (excludes halogenated alkanes) is 1. The fourth-order valence-electron chi connectivity index (χ4n) is 1.64. The first-order valence-electron chi connectivity index (χ1n) is 5.64. The Morgan fingerprint density at radius 2 is 2.38 bits per heavy atom. The normalized spacial score (nSPS) is 20.7. The van der Waals surface area contributed by atoms with Crippen LogP contribution < -0.4 is 0 Å². The molecule has 3 heteroatoms. The van der Waals surface area contributed by atoms with Crippen LogP contribution in [0, 0.1) is 5.92 Å². The van der Waals surface area contributed by atoms with Gasteiger partial charge >= 0.3 is 5.97 Å². The van der Waals surface area contributed by atoms with Crippen LogP contribution in [-0.2, 0) is 4.79 Å². The molecule has 0 fully saturated rings. The Balaban J connectivity index is 2.64. The number of rotatable bonds is 5. The summed E-state index contributed by atoms with van der Waals surface area (Å²) < 4.78 is 0. The van der Waals surface area contributed by atoms with Gasteiger partial charge in [0.1, 0.15) is 5.76 Å². The van der Waals surface area contributed by atoms with E-state index < -0.39 is 5.97 Å². The molecule has 0 aromatic heterocycles. The van der Waals surface area contributed by atoms with Crippen molar-refractivity contribution in [2.24, 2.45) is 5.92 Å². The molecule has 1 unspecified atom stereocenters. The second kappa shape index (κ2) is 6.16. The van der Waals surface area contributed by atoms with Gasteiger partial charge in [0.25, 0.3) is 0 Å². The van der Waals surface area contributed by atoms with Gasteiger partial charge in [0.15, 0.2) is 0 Å². The van der Waals surface area contributed by atoms with Crippen LogP contribution in [0.3, 0.4) is 0 Å². The van der Waals surface area contributed by atoms with Crippen LogP contribution in [0.2, 0.25) is 0 Å². The molecule has 0 saturated carbocycles. The smallest absolute Gasteiger partial charge is 0.331 e. The van der Waals surface area contributed by atoms with E-state index in [1.807, 2.05) is 13.0 Å². The highest BCUT2D eigenvalue weighted by Gasteiger charge is 2.11. The minimum absolute atomic E-state index is 0.0962. The molecule has 0 aromatic rings. The summed E-state index contributed by atoms with van der Waals surface area (Å²) in [7, 11) is 0. The monoisotopic (exact) mass is 222 g/mol. The highest BCUT2D eigenvalue weighted by atomic mass is 16.4. The summed E-state index contributed by atoms with van der Waals surface area (Å²) in [5.74, 6) is -0.477. The minimum atomic E-state index is -0.833. The predicted molar refractivity (Wildman–Crippen MR) is 63.2 cm³/mol. The van der Waals surface area contributed by atoms with E-state index >= 15 is 0 Å². The lowest BCUT2D eigenvalue weighted by atomic mass is 9.95. The van der Waals surface area contributed by atoms with E-state index in [1.54, 1.807) is 18.2 Å². The summed E-state index contributed by atoms with van der Waals surface area (Å²) in [6.45, 7) is 2.04. The average molecular weight is 222 g/mol. The third-order valence-electron chi connectivity index (χ3n) is 2.60. The minimum Gasteiger partial charge on any atom is -0.508 e. The van der Waals surface area contributed by atoms with Gasteiger partial charge in [-0.25, -0.2) is 4.79 Å². The van der Waals surface area contributed by atoms with Crippen molar-refractivity contribution in [3.63, 3.8) is 0 Å². The molecule has 1 atom stereocenters. The van der Waals surface area contributed by atoms with Crippen molar-refractivity contribution in [3.8, 4) is 0 Å². The van der Waals surface area contributed by atoms with E-state index in [0.29, 0.717) is 18.4 Å². The maximum absolute atomic E-state index is 11.0. The van der Waals surface area contributed by atoms with Crippen LogP contribution >= 0.6 is 0 Å². The van der Waals surface area contributed by atoms with Crippen LogP contribution in [0.1, 0.15) is 32.6 Å². The maximum Gasteiger partial charge on any atom is 0.331 e. The Morgan fingerprint density at radius 1 is 1.62 bits per heavy atom. The van der Waals surface area contributed by atoms with Crippen molar-refractivity contribution in [1.29, 1.82) is 0 Å². The van der Waals surface area contributed by atoms with Crippen LogP contribution in [0.4, 0.5) is 0 Å². The van der Waals surface area contributed by atoms with Crippen LogP contribution in [0.5, 0.6) is 0 Å². The number of aliphatic hydroxyl groups is 1. The molecule has 0 aliphatic heterocycles. The topological polar surface area (TPSA) is 57.5 Å². The molecule has 1 aliphatic carbocycles. The van der Waals surface area contributed by atoms with E-state index in [9.17, 15) is 4.79 Å². The summed E-state index contributed by atoms with van der Waals surface area (Å²) >= 11 is 0. The maximum atomic E-state index is 11.0. The highest BCUT2D eigenvalue weighted by molar-refractivity contribution is 5.86. The van der Waals surface area contributed by atoms with Gasteiger partial charge in [-0.3, -0.25) is 0 Å². The first kappa shape index (κ1) is 12.6. The average Bonchev–Trinajstić information content (AvgIpc) is 2.26. The Kier molecular flexibility index (Phi) is 4.83. The fraction of sp³-hybridized carbons (Fsp3) is 0.462. The van der Waals surface area contributed by atoms with Gasteiger partial charge < -0.3 is 10.2 Å². The quantitative estimate of drug-likeness (QED) is 0.702. The van der Waals surface area contributed by atoms with Gasteiger partial charge in [0, 0.05) is 5.57 Å². The first-order valence-corrected chi connectivity index (χ1v) is 5.64. The Morgan fingerprint density at radius 3 is 2.88 bits per heavy atom. The Bertz CT molecular complexity index is 337. The molecule has 0 amide bonds. The zero-order valence-corrected chi connectivity index (χ0v) is 9.52. The molecule has 16 heavy (non-hydrogen) atoms. The van der Waals surface area contributed by atoms with E-state index in [2.05, 4.69) is 0 Å². The summed E-state index contributed by atoms with van der Waals surface area (Å²) in [6.07, 6.45) is 10.1. The molecule has 2 N–H and O–H groups in total. The molecule has 3 nitrogen and oxygen atoms in total. The van der Waals surface area contributed by atoms with Crippen molar-refractivity contribution in [2.45, 2.75) is 32.6 Å². The number of aliphatic carboxylic acids is 1. The molecule has 0 spiro atoms. The Hall–Kier alpha value is -1.51. The zero-order valence-electron chi connectivity index (χ0n) is 9.52. The van der Waals surface area contributed by atoms with Crippen molar-refractivity contribution < 1.29 is 15.0 Å². The first-order chi connectivity index (χ1) is 7.63. The summed E-state index contributed by atoms with van der Waals surface area (Å²) in [4.78, 5) is 11.0. The molecule has 0 radical (unpaired) electrons. The molecular formula is C13H18O3. The molecule has 0 aromatic carbocycles. The number of hydrogen-bond acceptors (Lipinski definition) is 2. The molecule has 1 aliphatic rings. The van der Waals surface area contributed by atoms with Gasteiger partial charge in [0.05, 0.1) is 0 Å². The third-order valence-corrected chi connectivity index (χ3v) is 2.60. The van der Waals surface area contributed by atoms with E-state index in [0.717, 1.165) is 12.8 Å². The fourth-order valence-corrected chi connectivity index (χ4v) is 1.64. The van der Waals surface area contributed by atoms with Crippen molar-refractivity contribution in [2.75, 3.05) is 0 Å². The molecule has 88 valence electrons. The zero-order chi connectivity index (χ0) is 12.0. The van der Waals surface area contributed by atoms with E-state index in [-0.39, 0.29) is 11.7 Å². The lowest BCUT2D eigenvalue weighted by Gasteiger charge is -2.11. The van der Waals surface area contributed by atoms with Crippen LogP contribution in [0.25, 0.3) is 0 Å². The van der Waals surface area contributed by atoms with Crippen molar-refractivity contribution in [1.82, 2.24) is 0 Å². The number of carboxylic acids is 1. The summed E-state index contributed by atoms with van der Waals surface area (Å²) in [6, 6.07) is 0. The van der Waals surface area contributed by atoms with E-state index in [1.165, 1.54) is 0 Å². The summed E-state index contributed by atoms with van der Waals surface area (Å²) in [5.41, 5.74) is 0.478. The number of hydrogen-bond donors (Lipinski definition) is 2. The van der Waals surface area contributed by atoms with Crippen molar-refractivity contribution >= 4 is 5.97 Å². The van der Waals surface area contributed by atoms with Gasteiger partial charge in [-0.2, -0.15) is 0 Å².